The summed E-state index contributed by atoms with van der Waals surface area (Å²) in [7, 11) is 0. The van der Waals surface area contributed by atoms with Gasteiger partial charge in [0, 0.05) is 30.5 Å². The second-order valence-corrected chi connectivity index (χ2v) is 7.71. The summed E-state index contributed by atoms with van der Waals surface area (Å²) >= 11 is 0. The molecule has 0 saturated carbocycles. The quantitative estimate of drug-likeness (QED) is 0.482. The van der Waals surface area contributed by atoms with E-state index >= 15 is 0 Å². The molecule has 2 aromatic heterocycles. The average Bonchev–Trinajstić information content (AvgIpc) is 3.38. The van der Waals surface area contributed by atoms with E-state index in [0.29, 0.717) is 21.5 Å². The molecule has 0 spiro atoms. The van der Waals surface area contributed by atoms with E-state index < -0.39 is 5.69 Å². The number of rotatable bonds is 4. The zero-order valence-electron chi connectivity index (χ0n) is 17.2. The molecular formula is C24H21N5O3. The highest BCUT2D eigenvalue weighted by atomic mass is 16.5. The molecule has 0 unspecified atom stereocenters. The lowest BCUT2D eigenvalue weighted by Crippen LogP contribution is -2.27. The molecule has 0 bridgehead atoms. The van der Waals surface area contributed by atoms with E-state index in [4.69, 9.17) is 0 Å². The normalized spacial score (nSPS) is 13.4. The van der Waals surface area contributed by atoms with Crippen LogP contribution in [0.1, 0.15) is 23.2 Å². The first kappa shape index (κ1) is 19.7. The number of amides is 1. The monoisotopic (exact) mass is 427 g/mol. The highest BCUT2D eigenvalue weighted by molar-refractivity contribution is 5.95. The van der Waals surface area contributed by atoms with Crippen LogP contribution in [0.25, 0.3) is 22.2 Å². The van der Waals surface area contributed by atoms with E-state index in [0.717, 1.165) is 42.7 Å². The molecule has 4 aromatic rings. The van der Waals surface area contributed by atoms with E-state index in [9.17, 15) is 14.8 Å². The Kier molecular flexibility index (Phi) is 5.03. The van der Waals surface area contributed by atoms with Gasteiger partial charge in [-0.25, -0.2) is 9.78 Å². The first-order valence-electron chi connectivity index (χ1n) is 10.4. The third kappa shape index (κ3) is 3.66. The van der Waals surface area contributed by atoms with Gasteiger partial charge in [-0.2, -0.15) is 4.98 Å². The third-order valence-electron chi connectivity index (χ3n) is 5.64. The number of pyridine rings is 1. The van der Waals surface area contributed by atoms with Gasteiger partial charge in [-0.05, 0) is 60.4 Å². The van der Waals surface area contributed by atoms with E-state index in [1.54, 1.807) is 12.1 Å². The highest BCUT2D eigenvalue weighted by Crippen LogP contribution is 2.26. The predicted molar refractivity (Wildman–Crippen MR) is 121 cm³/mol. The van der Waals surface area contributed by atoms with E-state index in [-0.39, 0.29) is 11.6 Å². The maximum atomic E-state index is 12.5. The smallest absolute Gasteiger partial charge is 0.384 e. The first-order chi connectivity index (χ1) is 15.6. The molecule has 3 heterocycles. The number of carbonyl (C=O) groups excluding carboxylic acids is 1. The van der Waals surface area contributed by atoms with Crippen molar-refractivity contribution in [2.45, 2.75) is 12.8 Å². The fraction of sp³-hybridized carbons (Fsp3) is 0.167. The molecule has 32 heavy (non-hydrogen) atoms. The summed E-state index contributed by atoms with van der Waals surface area (Å²) in [4.78, 5) is 34.3. The van der Waals surface area contributed by atoms with Crippen LogP contribution in [-0.2, 0) is 0 Å². The average molecular weight is 427 g/mol. The lowest BCUT2D eigenvalue weighted by atomic mass is 10.0. The van der Waals surface area contributed by atoms with Crippen LogP contribution in [0.4, 0.5) is 11.5 Å². The van der Waals surface area contributed by atoms with E-state index in [1.807, 2.05) is 53.4 Å². The maximum Gasteiger partial charge on any atom is 0.384 e. The van der Waals surface area contributed by atoms with Gasteiger partial charge in [0.25, 0.3) is 5.91 Å². The van der Waals surface area contributed by atoms with Gasteiger partial charge in [0.05, 0.1) is 5.39 Å². The number of carbonyl (C=O) groups is 1. The van der Waals surface area contributed by atoms with Crippen LogP contribution in [0.3, 0.4) is 0 Å². The van der Waals surface area contributed by atoms with Crippen molar-refractivity contribution in [1.29, 1.82) is 0 Å². The molecule has 8 nitrogen and oxygen atoms in total. The van der Waals surface area contributed by atoms with Crippen molar-refractivity contribution < 1.29 is 10.0 Å². The molecule has 2 aromatic carbocycles. The van der Waals surface area contributed by atoms with Crippen LogP contribution in [0.15, 0.2) is 71.7 Å². The number of nitrogens with zero attached hydrogens (tertiary/aromatic N) is 4. The Bertz CT molecular complexity index is 1340. The van der Waals surface area contributed by atoms with Crippen LogP contribution >= 0.6 is 0 Å². The molecule has 0 atom stereocenters. The molecule has 1 aliphatic rings. The van der Waals surface area contributed by atoms with Gasteiger partial charge in [0.15, 0.2) is 5.65 Å². The first-order valence-corrected chi connectivity index (χ1v) is 10.4. The zero-order chi connectivity index (χ0) is 22.1. The Morgan fingerprint density at radius 3 is 2.28 bits per heavy atom. The minimum Gasteiger partial charge on any atom is -0.422 e. The van der Waals surface area contributed by atoms with Gasteiger partial charge in [0.1, 0.15) is 5.82 Å². The van der Waals surface area contributed by atoms with Crippen molar-refractivity contribution in [1.82, 2.24) is 19.6 Å². The lowest BCUT2D eigenvalue weighted by molar-refractivity contribution is 0.0793. The zero-order valence-corrected chi connectivity index (χ0v) is 17.2. The summed E-state index contributed by atoms with van der Waals surface area (Å²) in [5.41, 5.74) is 2.78. The number of likely N-dealkylation sites (tertiary alicyclic amines) is 1. The van der Waals surface area contributed by atoms with E-state index in [1.165, 1.54) is 6.20 Å². The van der Waals surface area contributed by atoms with Crippen molar-refractivity contribution in [2.75, 3.05) is 18.4 Å². The van der Waals surface area contributed by atoms with Crippen molar-refractivity contribution in [3.63, 3.8) is 0 Å². The van der Waals surface area contributed by atoms with Crippen LogP contribution < -0.4 is 11.0 Å². The summed E-state index contributed by atoms with van der Waals surface area (Å²) in [6, 6.07) is 18.7. The van der Waals surface area contributed by atoms with Crippen molar-refractivity contribution in [3.8, 4) is 11.1 Å². The Labute approximate surface area is 183 Å². The number of hydrogen-bond donors (Lipinski definition) is 2. The highest BCUT2D eigenvalue weighted by Gasteiger charge is 2.19. The summed E-state index contributed by atoms with van der Waals surface area (Å²) < 4.78 is 0.432. The summed E-state index contributed by atoms with van der Waals surface area (Å²) in [5.74, 6) is 0.411. The molecule has 160 valence electrons. The van der Waals surface area contributed by atoms with Crippen LogP contribution in [0.5, 0.6) is 0 Å². The van der Waals surface area contributed by atoms with Gasteiger partial charge in [-0.1, -0.05) is 24.3 Å². The fourth-order valence-electron chi connectivity index (χ4n) is 3.93. The topological polar surface area (TPSA) is 100 Å². The lowest BCUT2D eigenvalue weighted by Gasteiger charge is -2.15. The number of aromatic nitrogens is 3. The van der Waals surface area contributed by atoms with Gasteiger partial charge in [-0.15, -0.1) is 4.73 Å². The minimum absolute atomic E-state index is 0.0904. The number of hydrogen-bond acceptors (Lipinski definition) is 6. The largest absolute Gasteiger partial charge is 0.422 e. The maximum absolute atomic E-state index is 12.5. The van der Waals surface area contributed by atoms with Crippen molar-refractivity contribution >= 4 is 28.4 Å². The second kappa shape index (κ2) is 8.14. The Balaban J connectivity index is 1.36. The molecule has 5 rings (SSSR count). The van der Waals surface area contributed by atoms with Gasteiger partial charge in [0.2, 0.25) is 0 Å². The molecule has 1 fully saturated rings. The SMILES string of the molecule is O=C(c1ccc(-c2ccc(Nc3nc(=O)n(O)c4ncccc34)cc2)cc1)N1CCCC1. The molecule has 1 saturated heterocycles. The molecule has 1 amide bonds. The fourth-order valence-corrected chi connectivity index (χ4v) is 3.93. The van der Waals surface area contributed by atoms with E-state index in [2.05, 4.69) is 15.3 Å². The van der Waals surface area contributed by atoms with Gasteiger partial charge >= 0.3 is 5.69 Å². The van der Waals surface area contributed by atoms with Crippen LogP contribution in [0.2, 0.25) is 0 Å². The second-order valence-electron chi connectivity index (χ2n) is 7.71. The van der Waals surface area contributed by atoms with Crippen molar-refractivity contribution in [2.24, 2.45) is 0 Å². The number of benzene rings is 2. The standard InChI is InChI=1S/C24H21N5O3/c30-23(28-14-1-2-15-28)18-7-5-16(6-8-18)17-9-11-19(12-10-17)26-21-20-4-3-13-25-22(20)29(32)24(31)27-21/h3-13,32H,1-2,14-15H2,(H,26,27,31). The predicted octanol–water partition coefficient (Wildman–Crippen LogP) is 3.68. The molecule has 2 N–H and O–H groups in total. The van der Waals surface area contributed by atoms with Gasteiger partial charge in [-0.3, -0.25) is 4.79 Å². The summed E-state index contributed by atoms with van der Waals surface area (Å²) in [6.45, 7) is 1.67. The number of nitrogens with one attached hydrogen (secondary N) is 1. The molecule has 0 radical (unpaired) electrons. The van der Waals surface area contributed by atoms with Crippen LogP contribution in [0, 0.1) is 0 Å². The Hall–Kier alpha value is -4.20. The number of fused-ring (bicyclic) bond motifs is 1. The molecule has 8 heteroatoms. The Morgan fingerprint density at radius 1 is 0.938 bits per heavy atom. The minimum atomic E-state index is -0.807. The third-order valence-corrected chi connectivity index (χ3v) is 5.64. The Morgan fingerprint density at radius 2 is 1.59 bits per heavy atom. The summed E-state index contributed by atoms with van der Waals surface area (Å²) in [6.07, 6.45) is 3.65. The summed E-state index contributed by atoms with van der Waals surface area (Å²) in [5, 5.41) is 13.5. The van der Waals surface area contributed by atoms with Crippen LogP contribution in [-0.4, -0.2) is 43.8 Å². The molecule has 1 aliphatic heterocycles. The molecule has 0 aliphatic carbocycles. The van der Waals surface area contributed by atoms with Crippen molar-refractivity contribution in [3.05, 3.63) is 82.9 Å². The van der Waals surface area contributed by atoms with Gasteiger partial charge < -0.3 is 15.4 Å². The number of anilines is 2. The molecular weight excluding hydrogens is 406 g/mol.